The van der Waals surface area contributed by atoms with Gasteiger partial charge in [-0.1, -0.05) is 48.5 Å². The largest absolute Gasteiger partial charge is 0.337 e. The summed E-state index contributed by atoms with van der Waals surface area (Å²) in [6.45, 7) is 0.576. The van der Waals surface area contributed by atoms with Gasteiger partial charge in [0.2, 0.25) is 0 Å². The second kappa shape index (κ2) is 7.08. The number of benzene rings is 4. The molecular formula is C23H18INO. The van der Waals surface area contributed by atoms with Crippen LogP contribution in [0.3, 0.4) is 0 Å². The highest BCUT2D eigenvalue weighted by Crippen LogP contribution is 2.29. The third kappa shape index (κ3) is 3.19. The number of hydrogen-bond donors (Lipinski definition) is 0. The molecule has 4 aromatic rings. The summed E-state index contributed by atoms with van der Waals surface area (Å²) in [7, 11) is 1.87. The van der Waals surface area contributed by atoms with Crippen LogP contribution in [0.4, 0.5) is 0 Å². The summed E-state index contributed by atoms with van der Waals surface area (Å²) in [4.78, 5) is 14.7. The topological polar surface area (TPSA) is 20.3 Å². The van der Waals surface area contributed by atoms with Crippen LogP contribution < -0.4 is 0 Å². The smallest absolute Gasteiger partial charge is 0.253 e. The molecule has 0 fully saturated rings. The first kappa shape index (κ1) is 17.0. The molecule has 0 saturated carbocycles. The quantitative estimate of drug-likeness (QED) is 0.282. The maximum Gasteiger partial charge on any atom is 0.253 e. The van der Waals surface area contributed by atoms with Crippen molar-refractivity contribution >= 4 is 50.0 Å². The summed E-state index contributed by atoms with van der Waals surface area (Å²) in [6.07, 6.45) is 0. The van der Waals surface area contributed by atoms with E-state index in [1.165, 1.54) is 27.1 Å². The van der Waals surface area contributed by atoms with Crippen molar-refractivity contribution < 1.29 is 4.79 Å². The van der Waals surface area contributed by atoms with Crippen LogP contribution in [0.1, 0.15) is 15.9 Å². The molecule has 0 spiro atoms. The van der Waals surface area contributed by atoms with Crippen LogP contribution in [-0.2, 0) is 6.54 Å². The van der Waals surface area contributed by atoms with Gasteiger partial charge in [0, 0.05) is 22.7 Å². The van der Waals surface area contributed by atoms with Crippen LogP contribution in [-0.4, -0.2) is 17.9 Å². The standard InChI is InChI=1S/C23H18INO/c1-25(23(26)16-10-12-19(24)13-11-16)15-22-20-8-4-2-6-17(20)14-18-7-3-5-9-21(18)22/h2-14H,15H2,1H3. The zero-order valence-corrected chi connectivity index (χ0v) is 16.6. The predicted molar refractivity (Wildman–Crippen MR) is 116 cm³/mol. The van der Waals surface area contributed by atoms with Gasteiger partial charge in [-0.2, -0.15) is 0 Å². The summed E-state index contributed by atoms with van der Waals surface area (Å²) in [5, 5.41) is 4.81. The molecule has 4 rings (SSSR count). The first-order valence-corrected chi connectivity index (χ1v) is 9.62. The van der Waals surface area contributed by atoms with E-state index in [-0.39, 0.29) is 5.91 Å². The van der Waals surface area contributed by atoms with E-state index in [0.29, 0.717) is 6.54 Å². The summed E-state index contributed by atoms with van der Waals surface area (Å²) >= 11 is 2.25. The van der Waals surface area contributed by atoms with Gasteiger partial charge >= 0.3 is 0 Å². The van der Waals surface area contributed by atoms with Crippen molar-refractivity contribution in [2.45, 2.75) is 6.54 Å². The Balaban J connectivity index is 1.77. The Hall–Kier alpha value is -2.40. The molecule has 1 amide bonds. The number of halogens is 1. The Bertz CT molecular complexity index is 1050. The Morgan fingerprint density at radius 1 is 0.846 bits per heavy atom. The molecule has 26 heavy (non-hydrogen) atoms. The molecule has 0 N–H and O–H groups in total. The van der Waals surface area contributed by atoms with Crippen molar-refractivity contribution in [3.63, 3.8) is 0 Å². The Morgan fingerprint density at radius 3 is 1.96 bits per heavy atom. The fourth-order valence-corrected chi connectivity index (χ4v) is 3.76. The van der Waals surface area contributed by atoms with Gasteiger partial charge in [-0.3, -0.25) is 4.79 Å². The predicted octanol–water partition coefficient (Wildman–Crippen LogP) is 5.87. The summed E-state index contributed by atoms with van der Waals surface area (Å²) in [6, 6.07) is 26.7. The molecule has 0 saturated heterocycles. The van der Waals surface area contributed by atoms with Crippen molar-refractivity contribution in [1.29, 1.82) is 0 Å². The number of fused-ring (bicyclic) bond motifs is 2. The maximum atomic E-state index is 12.9. The zero-order valence-electron chi connectivity index (χ0n) is 14.4. The molecular weight excluding hydrogens is 433 g/mol. The van der Waals surface area contributed by atoms with Crippen molar-refractivity contribution in [2.24, 2.45) is 0 Å². The Labute approximate surface area is 166 Å². The molecule has 2 nitrogen and oxygen atoms in total. The molecule has 0 heterocycles. The zero-order chi connectivity index (χ0) is 18.1. The second-order valence-electron chi connectivity index (χ2n) is 6.47. The van der Waals surface area contributed by atoms with Crippen LogP contribution in [0.25, 0.3) is 21.5 Å². The van der Waals surface area contributed by atoms with E-state index < -0.39 is 0 Å². The SMILES string of the molecule is CN(Cc1c2ccccc2cc2ccccc12)C(=O)c1ccc(I)cc1. The fraction of sp³-hybridized carbons (Fsp3) is 0.0870. The lowest BCUT2D eigenvalue weighted by molar-refractivity contribution is 0.0786. The van der Waals surface area contributed by atoms with Gasteiger partial charge in [-0.05, 0) is 80.0 Å². The molecule has 4 aromatic carbocycles. The maximum absolute atomic E-state index is 12.9. The molecule has 0 aliphatic heterocycles. The Kier molecular flexibility index (Phi) is 4.64. The summed E-state index contributed by atoms with van der Waals surface area (Å²) in [5.41, 5.74) is 1.91. The molecule has 128 valence electrons. The fourth-order valence-electron chi connectivity index (χ4n) is 3.40. The summed E-state index contributed by atoms with van der Waals surface area (Å²) in [5.74, 6) is 0.0402. The van der Waals surface area contributed by atoms with E-state index in [1.807, 2.05) is 31.3 Å². The number of carbonyl (C=O) groups is 1. The lowest BCUT2D eigenvalue weighted by atomic mass is 9.96. The number of amides is 1. The number of hydrogen-bond acceptors (Lipinski definition) is 1. The summed E-state index contributed by atoms with van der Waals surface area (Å²) < 4.78 is 1.13. The van der Waals surface area contributed by atoms with Gasteiger partial charge in [0.25, 0.3) is 5.91 Å². The van der Waals surface area contributed by atoms with Crippen LogP contribution in [0, 0.1) is 3.57 Å². The molecule has 0 unspecified atom stereocenters. The molecule has 0 bridgehead atoms. The van der Waals surface area contributed by atoms with Gasteiger partial charge in [0.1, 0.15) is 0 Å². The van der Waals surface area contributed by atoms with Gasteiger partial charge in [0.15, 0.2) is 0 Å². The van der Waals surface area contributed by atoms with Crippen LogP contribution in [0.5, 0.6) is 0 Å². The van der Waals surface area contributed by atoms with E-state index in [2.05, 4.69) is 77.2 Å². The monoisotopic (exact) mass is 451 g/mol. The van der Waals surface area contributed by atoms with Crippen molar-refractivity contribution in [3.05, 3.63) is 93.6 Å². The molecule has 0 aliphatic carbocycles. The highest BCUT2D eigenvalue weighted by Gasteiger charge is 2.15. The van der Waals surface area contributed by atoms with Gasteiger partial charge in [-0.15, -0.1) is 0 Å². The Morgan fingerprint density at radius 2 is 1.38 bits per heavy atom. The van der Waals surface area contributed by atoms with E-state index in [4.69, 9.17) is 0 Å². The van der Waals surface area contributed by atoms with Gasteiger partial charge < -0.3 is 4.90 Å². The van der Waals surface area contributed by atoms with E-state index in [1.54, 1.807) is 4.90 Å². The number of rotatable bonds is 3. The van der Waals surface area contributed by atoms with Crippen molar-refractivity contribution in [2.75, 3.05) is 7.05 Å². The normalized spacial score (nSPS) is 11.0. The minimum atomic E-state index is 0.0402. The second-order valence-corrected chi connectivity index (χ2v) is 7.71. The number of nitrogens with zero attached hydrogens (tertiary/aromatic N) is 1. The lowest BCUT2D eigenvalue weighted by Crippen LogP contribution is -2.26. The molecule has 0 radical (unpaired) electrons. The van der Waals surface area contributed by atoms with Crippen LogP contribution >= 0.6 is 22.6 Å². The average Bonchev–Trinajstić information content (AvgIpc) is 2.67. The van der Waals surface area contributed by atoms with Crippen LogP contribution in [0.15, 0.2) is 78.9 Å². The third-order valence-electron chi connectivity index (χ3n) is 4.72. The highest BCUT2D eigenvalue weighted by molar-refractivity contribution is 14.1. The van der Waals surface area contributed by atoms with Crippen molar-refractivity contribution in [1.82, 2.24) is 4.90 Å². The third-order valence-corrected chi connectivity index (χ3v) is 5.44. The molecule has 0 atom stereocenters. The first-order chi connectivity index (χ1) is 12.6. The van der Waals surface area contributed by atoms with Crippen LogP contribution in [0.2, 0.25) is 0 Å². The van der Waals surface area contributed by atoms with Crippen molar-refractivity contribution in [3.8, 4) is 0 Å². The minimum Gasteiger partial charge on any atom is -0.337 e. The lowest BCUT2D eigenvalue weighted by Gasteiger charge is -2.20. The van der Waals surface area contributed by atoms with E-state index >= 15 is 0 Å². The molecule has 3 heteroatoms. The molecule has 0 aliphatic rings. The molecule has 0 aromatic heterocycles. The highest BCUT2D eigenvalue weighted by atomic mass is 127. The van der Waals surface area contributed by atoms with E-state index in [0.717, 1.165) is 9.13 Å². The minimum absolute atomic E-state index is 0.0402. The first-order valence-electron chi connectivity index (χ1n) is 8.54. The van der Waals surface area contributed by atoms with Gasteiger partial charge in [-0.25, -0.2) is 0 Å². The number of carbonyl (C=O) groups excluding carboxylic acids is 1. The average molecular weight is 451 g/mol. The van der Waals surface area contributed by atoms with E-state index in [9.17, 15) is 4.79 Å². The van der Waals surface area contributed by atoms with Gasteiger partial charge in [0.05, 0.1) is 0 Å².